The van der Waals surface area contributed by atoms with Crippen LogP contribution in [0.2, 0.25) is 0 Å². The molecule has 0 aliphatic rings. The molecule has 1 aromatic heterocycles. The molecule has 0 saturated heterocycles. The van der Waals surface area contributed by atoms with E-state index in [-0.39, 0.29) is 5.91 Å². The molecule has 28 heavy (non-hydrogen) atoms. The summed E-state index contributed by atoms with van der Waals surface area (Å²) in [5, 5.41) is 6.12. The second-order valence-electron chi connectivity index (χ2n) is 6.13. The largest absolute Gasteiger partial charge is 0.493 e. The van der Waals surface area contributed by atoms with E-state index in [9.17, 15) is 4.79 Å². The van der Waals surface area contributed by atoms with Crippen molar-refractivity contribution in [1.82, 2.24) is 4.98 Å². The molecule has 3 rings (SSSR count). The van der Waals surface area contributed by atoms with E-state index >= 15 is 0 Å². The molecule has 0 saturated carbocycles. The van der Waals surface area contributed by atoms with Crippen molar-refractivity contribution < 1.29 is 14.3 Å². The van der Waals surface area contributed by atoms with Gasteiger partial charge in [-0.1, -0.05) is 19.1 Å². The van der Waals surface area contributed by atoms with Gasteiger partial charge < -0.3 is 20.1 Å². The molecular weight excluding hydrogens is 354 g/mol. The van der Waals surface area contributed by atoms with Gasteiger partial charge in [-0.25, -0.2) is 0 Å². The third kappa shape index (κ3) is 4.59. The Hall–Kier alpha value is -3.54. The number of carbonyl (C=O) groups excluding carboxylic acids is 1. The average Bonchev–Trinajstić information content (AvgIpc) is 2.74. The molecule has 0 fully saturated rings. The normalized spacial score (nSPS) is 10.2. The molecule has 0 aliphatic heterocycles. The minimum absolute atomic E-state index is 0.264. The highest BCUT2D eigenvalue weighted by Gasteiger charge is 2.10. The Morgan fingerprint density at radius 2 is 1.57 bits per heavy atom. The van der Waals surface area contributed by atoms with Gasteiger partial charge in [-0.3, -0.25) is 9.78 Å². The number of amides is 1. The minimum Gasteiger partial charge on any atom is -0.493 e. The Morgan fingerprint density at radius 1 is 0.893 bits per heavy atom. The topological polar surface area (TPSA) is 72.5 Å². The molecule has 2 N–H and O–H groups in total. The van der Waals surface area contributed by atoms with E-state index in [1.54, 1.807) is 32.5 Å². The zero-order valence-corrected chi connectivity index (χ0v) is 16.2. The first-order chi connectivity index (χ1) is 13.6. The maximum atomic E-state index is 12.5. The predicted molar refractivity (Wildman–Crippen MR) is 111 cm³/mol. The molecule has 6 heteroatoms. The van der Waals surface area contributed by atoms with Crippen LogP contribution in [0.4, 0.5) is 17.1 Å². The summed E-state index contributed by atoms with van der Waals surface area (Å²) in [5.41, 5.74) is 3.84. The van der Waals surface area contributed by atoms with Crippen molar-refractivity contribution in [2.45, 2.75) is 13.3 Å². The van der Waals surface area contributed by atoms with Crippen LogP contribution in [-0.4, -0.2) is 25.1 Å². The van der Waals surface area contributed by atoms with E-state index in [0.29, 0.717) is 17.2 Å². The molecule has 144 valence electrons. The number of hydrogen-bond acceptors (Lipinski definition) is 5. The number of hydrogen-bond donors (Lipinski definition) is 2. The number of aryl methyl sites for hydroxylation is 1. The Kier molecular flexibility index (Phi) is 6.11. The summed E-state index contributed by atoms with van der Waals surface area (Å²) < 4.78 is 10.6. The lowest BCUT2D eigenvalue weighted by Crippen LogP contribution is -2.13. The van der Waals surface area contributed by atoms with Crippen LogP contribution in [0.1, 0.15) is 23.0 Å². The van der Waals surface area contributed by atoms with Gasteiger partial charge in [-0.2, -0.15) is 0 Å². The molecule has 2 aromatic carbocycles. The number of rotatable bonds is 7. The van der Waals surface area contributed by atoms with E-state index < -0.39 is 0 Å². The van der Waals surface area contributed by atoms with Gasteiger partial charge in [0, 0.05) is 29.3 Å². The number of methoxy groups -OCH3 is 2. The van der Waals surface area contributed by atoms with Gasteiger partial charge in [0.2, 0.25) is 0 Å². The summed E-state index contributed by atoms with van der Waals surface area (Å²) in [5.74, 6) is 1.01. The first-order valence-corrected chi connectivity index (χ1v) is 8.98. The number of anilines is 3. The number of pyridine rings is 1. The highest BCUT2D eigenvalue weighted by molar-refractivity contribution is 6.03. The van der Waals surface area contributed by atoms with E-state index in [1.807, 2.05) is 42.5 Å². The van der Waals surface area contributed by atoms with Crippen LogP contribution in [0.3, 0.4) is 0 Å². The van der Waals surface area contributed by atoms with Crippen molar-refractivity contribution in [2.75, 3.05) is 24.9 Å². The molecule has 0 spiro atoms. The van der Waals surface area contributed by atoms with E-state index in [1.165, 1.54) is 5.56 Å². The molecular formula is C22H23N3O3. The van der Waals surface area contributed by atoms with Crippen molar-refractivity contribution in [1.29, 1.82) is 0 Å². The van der Waals surface area contributed by atoms with Gasteiger partial charge in [0.25, 0.3) is 5.91 Å². The Morgan fingerprint density at radius 3 is 2.25 bits per heavy atom. The molecule has 0 bridgehead atoms. The number of nitrogens with one attached hydrogen (secondary N) is 2. The summed E-state index contributed by atoms with van der Waals surface area (Å²) in [6.45, 7) is 2.09. The van der Waals surface area contributed by atoms with Crippen LogP contribution in [0, 0.1) is 0 Å². The molecule has 0 unspecified atom stereocenters. The van der Waals surface area contributed by atoms with E-state index in [4.69, 9.17) is 9.47 Å². The van der Waals surface area contributed by atoms with Crippen molar-refractivity contribution in [2.24, 2.45) is 0 Å². The monoisotopic (exact) mass is 377 g/mol. The van der Waals surface area contributed by atoms with Gasteiger partial charge >= 0.3 is 0 Å². The van der Waals surface area contributed by atoms with Crippen LogP contribution < -0.4 is 20.1 Å². The summed E-state index contributed by atoms with van der Waals surface area (Å²) >= 11 is 0. The van der Waals surface area contributed by atoms with Crippen molar-refractivity contribution in [3.63, 3.8) is 0 Å². The van der Waals surface area contributed by atoms with Crippen molar-refractivity contribution >= 4 is 23.0 Å². The van der Waals surface area contributed by atoms with Crippen LogP contribution in [0.25, 0.3) is 0 Å². The quantitative estimate of drug-likeness (QED) is 0.627. The number of carbonyl (C=O) groups is 1. The highest BCUT2D eigenvalue weighted by atomic mass is 16.5. The molecule has 3 aromatic rings. The molecule has 1 heterocycles. The summed E-state index contributed by atoms with van der Waals surface area (Å²) in [6.07, 6.45) is 2.55. The second-order valence-corrected chi connectivity index (χ2v) is 6.13. The summed E-state index contributed by atoms with van der Waals surface area (Å²) in [7, 11) is 3.18. The molecule has 6 nitrogen and oxygen atoms in total. The second kappa shape index (κ2) is 8.90. The fourth-order valence-corrected chi connectivity index (χ4v) is 2.73. The van der Waals surface area contributed by atoms with Crippen LogP contribution >= 0.6 is 0 Å². The summed E-state index contributed by atoms with van der Waals surface area (Å²) in [6, 6.07) is 16.8. The molecule has 0 atom stereocenters. The molecule has 1 amide bonds. The van der Waals surface area contributed by atoms with Gasteiger partial charge in [0.05, 0.1) is 14.2 Å². The Bertz CT molecular complexity index is 955. The highest BCUT2D eigenvalue weighted by Crippen LogP contribution is 2.31. The lowest BCUT2D eigenvalue weighted by Gasteiger charge is -2.12. The zero-order chi connectivity index (χ0) is 19.9. The number of ether oxygens (including phenoxy) is 2. The lowest BCUT2D eigenvalue weighted by atomic mass is 10.1. The Balaban J connectivity index is 1.73. The van der Waals surface area contributed by atoms with Crippen molar-refractivity contribution in [3.8, 4) is 11.5 Å². The maximum absolute atomic E-state index is 12.5. The predicted octanol–water partition coefficient (Wildman–Crippen LogP) is 4.66. The SMILES string of the molecule is CCc1ccc(NC(=O)c2cc(Nc3ccc(OC)c(OC)c3)ccn2)cc1. The Labute approximate surface area is 164 Å². The fraction of sp³-hybridized carbons (Fsp3) is 0.182. The minimum atomic E-state index is -0.264. The number of nitrogens with zero attached hydrogens (tertiary/aromatic N) is 1. The fourth-order valence-electron chi connectivity index (χ4n) is 2.73. The third-order valence-corrected chi connectivity index (χ3v) is 4.28. The van der Waals surface area contributed by atoms with Crippen LogP contribution in [0.5, 0.6) is 11.5 Å². The smallest absolute Gasteiger partial charge is 0.274 e. The number of aromatic nitrogens is 1. The zero-order valence-electron chi connectivity index (χ0n) is 16.2. The maximum Gasteiger partial charge on any atom is 0.274 e. The van der Waals surface area contributed by atoms with Gasteiger partial charge in [-0.15, -0.1) is 0 Å². The van der Waals surface area contributed by atoms with Crippen molar-refractivity contribution in [3.05, 3.63) is 72.1 Å². The average molecular weight is 377 g/mol. The lowest BCUT2D eigenvalue weighted by molar-refractivity contribution is 0.102. The van der Waals surface area contributed by atoms with Crippen LogP contribution in [0.15, 0.2) is 60.8 Å². The third-order valence-electron chi connectivity index (χ3n) is 4.28. The van der Waals surface area contributed by atoms with Gasteiger partial charge in [0.1, 0.15) is 5.69 Å². The van der Waals surface area contributed by atoms with E-state index in [2.05, 4.69) is 22.5 Å². The standard InChI is InChI=1S/C22H23N3O3/c1-4-15-5-7-16(8-6-15)25-22(26)19-13-18(11-12-23-19)24-17-9-10-20(27-2)21(14-17)28-3/h5-14H,4H2,1-3H3,(H,23,24)(H,25,26). The van der Waals surface area contributed by atoms with Crippen LogP contribution in [-0.2, 0) is 6.42 Å². The molecule has 0 radical (unpaired) electrons. The number of benzene rings is 2. The van der Waals surface area contributed by atoms with E-state index in [0.717, 1.165) is 23.5 Å². The first-order valence-electron chi connectivity index (χ1n) is 8.98. The molecule has 0 aliphatic carbocycles. The van der Waals surface area contributed by atoms with Gasteiger partial charge in [-0.05, 0) is 48.4 Å². The summed E-state index contributed by atoms with van der Waals surface area (Å²) in [4.78, 5) is 16.7. The van der Waals surface area contributed by atoms with Gasteiger partial charge in [0.15, 0.2) is 11.5 Å². The first kappa shape index (κ1) is 19.2.